The molecule has 3 rings (SSSR count). The van der Waals surface area contributed by atoms with E-state index in [1.165, 1.54) is 0 Å². The maximum absolute atomic E-state index is 13.0. The molecule has 0 aliphatic rings. The number of carbonyl (C=O) groups excluding carboxylic acids is 2. The van der Waals surface area contributed by atoms with Crippen LogP contribution in [0.2, 0.25) is 0 Å². The lowest BCUT2D eigenvalue weighted by atomic mass is 10.0. The van der Waals surface area contributed by atoms with Gasteiger partial charge in [0.2, 0.25) is 0 Å². The van der Waals surface area contributed by atoms with Gasteiger partial charge in [0.05, 0.1) is 17.3 Å². The van der Waals surface area contributed by atoms with Gasteiger partial charge in [-0.3, -0.25) is 9.59 Å². The van der Waals surface area contributed by atoms with E-state index in [4.69, 9.17) is 4.74 Å². The SMILES string of the molecule is Cc1ccc(C(C)C)c(O[C@@H](C)C(=O)Nc2ccccc2C(=O)N[C@@H](C)c2ccccc2)c1. The minimum atomic E-state index is -0.733. The van der Waals surface area contributed by atoms with Crippen LogP contribution in [0.5, 0.6) is 5.75 Å². The molecule has 0 saturated carbocycles. The summed E-state index contributed by atoms with van der Waals surface area (Å²) in [6, 6.07) is 22.6. The molecule has 5 heteroatoms. The fraction of sp³-hybridized carbons (Fsp3) is 0.286. The van der Waals surface area contributed by atoms with Crippen LogP contribution in [0.3, 0.4) is 0 Å². The molecule has 33 heavy (non-hydrogen) atoms. The van der Waals surface area contributed by atoms with Crippen LogP contribution in [0.15, 0.2) is 72.8 Å². The van der Waals surface area contributed by atoms with Gasteiger partial charge in [0.1, 0.15) is 5.75 Å². The Labute approximate surface area is 196 Å². The van der Waals surface area contributed by atoms with E-state index >= 15 is 0 Å². The third kappa shape index (κ3) is 6.22. The van der Waals surface area contributed by atoms with Crippen molar-refractivity contribution in [3.8, 4) is 5.75 Å². The Kier molecular flexibility index (Phi) is 7.88. The number of amides is 2. The number of carbonyl (C=O) groups is 2. The number of aryl methyl sites for hydroxylation is 1. The van der Waals surface area contributed by atoms with Crippen molar-refractivity contribution in [2.24, 2.45) is 0 Å². The van der Waals surface area contributed by atoms with Gasteiger partial charge in [-0.2, -0.15) is 0 Å². The van der Waals surface area contributed by atoms with Crippen LogP contribution in [0.1, 0.15) is 66.7 Å². The normalized spacial score (nSPS) is 12.7. The van der Waals surface area contributed by atoms with Crippen LogP contribution in [0.25, 0.3) is 0 Å². The molecule has 0 bridgehead atoms. The first-order valence-electron chi connectivity index (χ1n) is 11.3. The maximum Gasteiger partial charge on any atom is 0.265 e. The van der Waals surface area contributed by atoms with Crippen LogP contribution in [0.4, 0.5) is 5.69 Å². The quantitative estimate of drug-likeness (QED) is 0.447. The number of anilines is 1. The van der Waals surface area contributed by atoms with Gasteiger partial charge in [-0.15, -0.1) is 0 Å². The number of rotatable bonds is 8. The highest BCUT2D eigenvalue weighted by atomic mass is 16.5. The Morgan fingerprint density at radius 3 is 2.21 bits per heavy atom. The lowest BCUT2D eigenvalue weighted by Gasteiger charge is -2.20. The summed E-state index contributed by atoms with van der Waals surface area (Å²) in [5.41, 5.74) is 3.98. The molecule has 0 fully saturated rings. The molecular formula is C28H32N2O3. The molecule has 3 aromatic carbocycles. The molecule has 2 N–H and O–H groups in total. The summed E-state index contributed by atoms with van der Waals surface area (Å²) in [4.78, 5) is 25.9. The molecule has 0 aliphatic carbocycles. The molecule has 0 aliphatic heterocycles. The Hall–Kier alpha value is -3.60. The number of hydrogen-bond acceptors (Lipinski definition) is 3. The Bertz CT molecular complexity index is 1110. The first-order chi connectivity index (χ1) is 15.8. The van der Waals surface area contributed by atoms with Gasteiger partial charge in [0.15, 0.2) is 6.10 Å². The summed E-state index contributed by atoms with van der Waals surface area (Å²) >= 11 is 0. The maximum atomic E-state index is 13.0. The van der Waals surface area contributed by atoms with Crippen LogP contribution >= 0.6 is 0 Å². The lowest BCUT2D eigenvalue weighted by Crippen LogP contribution is -2.32. The van der Waals surface area contributed by atoms with Crippen LogP contribution in [-0.2, 0) is 4.79 Å². The fourth-order valence-corrected chi connectivity index (χ4v) is 3.59. The fourth-order valence-electron chi connectivity index (χ4n) is 3.59. The molecule has 2 amide bonds. The van der Waals surface area contributed by atoms with Gasteiger partial charge in [0.25, 0.3) is 11.8 Å². The predicted octanol–water partition coefficient (Wildman–Crippen LogP) is 6.02. The summed E-state index contributed by atoms with van der Waals surface area (Å²) in [6.45, 7) is 9.81. The number of para-hydroxylation sites is 1. The van der Waals surface area contributed by atoms with Gasteiger partial charge in [0, 0.05) is 0 Å². The van der Waals surface area contributed by atoms with Gasteiger partial charge in [-0.1, -0.05) is 68.4 Å². The summed E-state index contributed by atoms with van der Waals surface area (Å²) in [5, 5.41) is 5.86. The van der Waals surface area contributed by atoms with E-state index in [1.807, 2.05) is 62.4 Å². The van der Waals surface area contributed by atoms with E-state index < -0.39 is 6.10 Å². The van der Waals surface area contributed by atoms with Crippen molar-refractivity contribution in [2.75, 3.05) is 5.32 Å². The molecule has 0 saturated heterocycles. The van der Waals surface area contributed by atoms with Crippen molar-refractivity contribution in [1.29, 1.82) is 0 Å². The highest BCUT2D eigenvalue weighted by Gasteiger charge is 2.21. The summed E-state index contributed by atoms with van der Waals surface area (Å²) in [6.07, 6.45) is -0.733. The summed E-state index contributed by atoms with van der Waals surface area (Å²) in [5.74, 6) is 0.404. The van der Waals surface area contributed by atoms with E-state index in [1.54, 1.807) is 31.2 Å². The Morgan fingerprint density at radius 1 is 0.848 bits per heavy atom. The molecule has 0 unspecified atom stereocenters. The monoisotopic (exact) mass is 444 g/mol. The molecule has 0 spiro atoms. The van der Waals surface area contributed by atoms with Gasteiger partial charge in [-0.25, -0.2) is 0 Å². The van der Waals surface area contributed by atoms with E-state index in [0.29, 0.717) is 17.0 Å². The number of hydrogen-bond donors (Lipinski definition) is 2. The van der Waals surface area contributed by atoms with Gasteiger partial charge in [-0.05, 0) is 61.6 Å². The Morgan fingerprint density at radius 2 is 1.52 bits per heavy atom. The van der Waals surface area contributed by atoms with Crippen molar-refractivity contribution in [3.05, 3.63) is 95.1 Å². The van der Waals surface area contributed by atoms with Crippen molar-refractivity contribution in [2.45, 2.75) is 52.7 Å². The van der Waals surface area contributed by atoms with Crippen LogP contribution in [0, 0.1) is 6.92 Å². The largest absolute Gasteiger partial charge is 0.481 e. The molecule has 5 nitrogen and oxygen atoms in total. The molecular weight excluding hydrogens is 412 g/mol. The number of ether oxygens (including phenoxy) is 1. The average molecular weight is 445 g/mol. The molecule has 2 atom stereocenters. The van der Waals surface area contributed by atoms with E-state index in [9.17, 15) is 9.59 Å². The summed E-state index contributed by atoms with van der Waals surface area (Å²) in [7, 11) is 0. The second-order valence-electron chi connectivity index (χ2n) is 8.60. The standard InChI is InChI=1S/C28H32N2O3/c1-18(2)23-16-15-19(3)17-26(23)33-21(5)27(31)30-25-14-10-9-13-24(25)28(32)29-20(4)22-11-7-6-8-12-22/h6-18,20-21H,1-5H3,(H,29,32)(H,30,31)/t20-,21-/m0/s1. The van der Waals surface area contributed by atoms with Crippen LogP contribution in [-0.4, -0.2) is 17.9 Å². The first kappa shape index (κ1) is 24.1. The summed E-state index contributed by atoms with van der Waals surface area (Å²) < 4.78 is 6.03. The zero-order valence-corrected chi connectivity index (χ0v) is 19.9. The molecule has 3 aromatic rings. The molecule has 0 aromatic heterocycles. The number of benzene rings is 3. The smallest absolute Gasteiger partial charge is 0.265 e. The molecule has 0 radical (unpaired) electrons. The molecule has 172 valence electrons. The van der Waals surface area contributed by atoms with Gasteiger partial charge < -0.3 is 15.4 Å². The third-order valence-electron chi connectivity index (χ3n) is 5.54. The van der Waals surface area contributed by atoms with E-state index in [2.05, 4.69) is 24.5 Å². The van der Waals surface area contributed by atoms with Gasteiger partial charge >= 0.3 is 0 Å². The third-order valence-corrected chi connectivity index (χ3v) is 5.54. The topological polar surface area (TPSA) is 67.4 Å². The van der Waals surface area contributed by atoms with Crippen molar-refractivity contribution in [3.63, 3.8) is 0 Å². The second-order valence-corrected chi connectivity index (χ2v) is 8.60. The van der Waals surface area contributed by atoms with Crippen molar-refractivity contribution >= 4 is 17.5 Å². The van der Waals surface area contributed by atoms with E-state index in [-0.39, 0.29) is 23.8 Å². The molecule has 0 heterocycles. The lowest BCUT2D eigenvalue weighted by molar-refractivity contribution is -0.122. The zero-order chi connectivity index (χ0) is 24.0. The van der Waals surface area contributed by atoms with Crippen molar-refractivity contribution < 1.29 is 14.3 Å². The second kappa shape index (κ2) is 10.8. The highest BCUT2D eigenvalue weighted by Crippen LogP contribution is 2.28. The minimum Gasteiger partial charge on any atom is -0.481 e. The highest BCUT2D eigenvalue weighted by molar-refractivity contribution is 6.04. The average Bonchev–Trinajstić information content (AvgIpc) is 2.79. The number of nitrogens with one attached hydrogen (secondary N) is 2. The predicted molar refractivity (Wildman–Crippen MR) is 133 cm³/mol. The van der Waals surface area contributed by atoms with Crippen molar-refractivity contribution in [1.82, 2.24) is 5.32 Å². The van der Waals surface area contributed by atoms with E-state index in [0.717, 1.165) is 16.7 Å². The Balaban J connectivity index is 1.72. The van der Waals surface area contributed by atoms with Crippen LogP contribution < -0.4 is 15.4 Å². The first-order valence-corrected chi connectivity index (χ1v) is 11.3. The zero-order valence-electron chi connectivity index (χ0n) is 19.9. The minimum absolute atomic E-state index is 0.166.